The van der Waals surface area contributed by atoms with Gasteiger partial charge in [-0.2, -0.15) is 0 Å². The number of methoxy groups -OCH3 is 4. The zero-order chi connectivity index (χ0) is 18.6. The largest absolute Gasteiger partial charge is 0.496 e. The van der Waals surface area contributed by atoms with Gasteiger partial charge in [-0.3, -0.25) is 0 Å². The maximum atomic E-state index is 11.9. The fourth-order valence-electron chi connectivity index (χ4n) is 2.57. The highest BCUT2D eigenvalue weighted by Crippen LogP contribution is 2.41. The van der Waals surface area contributed by atoms with Crippen LogP contribution in [0.15, 0.2) is 24.3 Å². The van der Waals surface area contributed by atoms with Crippen molar-refractivity contribution in [1.29, 1.82) is 0 Å². The van der Waals surface area contributed by atoms with Gasteiger partial charge in [-0.05, 0) is 43.2 Å². The van der Waals surface area contributed by atoms with E-state index in [9.17, 15) is 4.79 Å². The summed E-state index contributed by atoms with van der Waals surface area (Å²) in [5, 5.41) is 0. The summed E-state index contributed by atoms with van der Waals surface area (Å²) in [7, 11) is 5.93. The van der Waals surface area contributed by atoms with Crippen molar-refractivity contribution >= 4 is 5.97 Å². The van der Waals surface area contributed by atoms with Gasteiger partial charge in [0.15, 0.2) is 11.5 Å². The van der Waals surface area contributed by atoms with E-state index >= 15 is 0 Å². The van der Waals surface area contributed by atoms with Crippen molar-refractivity contribution < 1.29 is 28.5 Å². The number of hydrogen-bond acceptors (Lipinski definition) is 6. The van der Waals surface area contributed by atoms with E-state index in [2.05, 4.69) is 0 Å². The minimum absolute atomic E-state index is 0.367. The van der Waals surface area contributed by atoms with Crippen LogP contribution in [0.2, 0.25) is 0 Å². The number of hydrogen-bond donors (Lipinski definition) is 0. The van der Waals surface area contributed by atoms with Gasteiger partial charge in [0, 0.05) is 6.07 Å². The summed E-state index contributed by atoms with van der Waals surface area (Å²) in [5.74, 6) is 1.99. The van der Waals surface area contributed by atoms with Gasteiger partial charge < -0.3 is 23.7 Å². The quantitative estimate of drug-likeness (QED) is 0.739. The van der Waals surface area contributed by atoms with Crippen LogP contribution in [-0.2, 0) is 4.74 Å². The molecule has 25 heavy (non-hydrogen) atoms. The Bertz CT molecular complexity index is 782. The summed E-state index contributed by atoms with van der Waals surface area (Å²) in [5.41, 5.74) is 2.01. The first-order chi connectivity index (χ1) is 11.9. The van der Waals surface area contributed by atoms with Crippen molar-refractivity contribution in [3.05, 3.63) is 41.0 Å². The molecule has 0 unspecified atom stereocenters. The standard InChI is InChI=1S/C19H22O6/c1-11-7-15(22-4)18(23-5)16(8-11)25-13-9-12(2)17(19(20)24-6)14(10-13)21-3/h7-10H,1-6H3. The Balaban J connectivity index is 2.50. The van der Waals surface area contributed by atoms with Crippen molar-refractivity contribution in [1.82, 2.24) is 0 Å². The average molecular weight is 346 g/mol. The highest BCUT2D eigenvalue weighted by atomic mass is 16.5. The molecule has 6 nitrogen and oxygen atoms in total. The molecule has 0 aliphatic carbocycles. The van der Waals surface area contributed by atoms with Crippen LogP contribution < -0.4 is 18.9 Å². The molecular formula is C19H22O6. The van der Waals surface area contributed by atoms with Gasteiger partial charge in [0.05, 0.1) is 28.4 Å². The molecule has 134 valence electrons. The Morgan fingerprint density at radius 1 is 0.800 bits per heavy atom. The first kappa shape index (κ1) is 18.4. The van der Waals surface area contributed by atoms with Crippen LogP contribution in [-0.4, -0.2) is 34.4 Å². The predicted molar refractivity (Wildman–Crippen MR) is 93.4 cm³/mol. The summed E-state index contributed by atoms with van der Waals surface area (Å²) in [6, 6.07) is 7.08. The van der Waals surface area contributed by atoms with E-state index in [0.29, 0.717) is 39.9 Å². The minimum atomic E-state index is -0.462. The molecule has 0 spiro atoms. The second-order valence-electron chi connectivity index (χ2n) is 5.41. The number of aryl methyl sites for hydroxylation is 2. The fraction of sp³-hybridized carbons (Fsp3) is 0.316. The van der Waals surface area contributed by atoms with Gasteiger partial charge in [0.1, 0.15) is 17.1 Å². The average Bonchev–Trinajstić information content (AvgIpc) is 2.59. The van der Waals surface area contributed by atoms with Gasteiger partial charge in [0.25, 0.3) is 0 Å². The fourth-order valence-corrected chi connectivity index (χ4v) is 2.57. The molecule has 2 rings (SSSR count). The van der Waals surface area contributed by atoms with Crippen LogP contribution in [0, 0.1) is 13.8 Å². The molecule has 0 aromatic heterocycles. The third-order valence-electron chi connectivity index (χ3n) is 3.70. The van der Waals surface area contributed by atoms with E-state index in [4.69, 9.17) is 23.7 Å². The molecule has 0 aliphatic rings. The third-order valence-corrected chi connectivity index (χ3v) is 3.70. The molecule has 0 fully saturated rings. The lowest BCUT2D eigenvalue weighted by Gasteiger charge is -2.16. The topological polar surface area (TPSA) is 63.2 Å². The van der Waals surface area contributed by atoms with Gasteiger partial charge in [-0.15, -0.1) is 0 Å². The molecule has 0 heterocycles. The van der Waals surface area contributed by atoms with Crippen molar-refractivity contribution in [2.24, 2.45) is 0 Å². The van der Waals surface area contributed by atoms with E-state index in [1.165, 1.54) is 14.2 Å². The first-order valence-electron chi connectivity index (χ1n) is 7.62. The molecule has 0 radical (unpaired) electrons. The van der Waals surface area contributed by atoms with Crippen molar-refractivity contribution in [2.45, 2.75) is 13.8 Å². The molecule has 0 bridgehead atoms. The van der Waals surface area contributed by atoms with Crippen LogP contribution in [0.1, 0.15) is 21.5 Å². The van der Waals surface area contributed by atoms with Crippen LogP contribution >= 0.6 is 0 Å². The Morgan fingerprint density at radius 2 is 1.44 bits per heavy atom. The normalized spacial score (nSPS) is 10.2. The van der Waals surface area contributed by atoms with Crippen LogP contribution in [0.25, 0.3) is 0 Å². The molecule has 0 N–H and O–H groups in total. The summed E-state index contributed by atoms with van der Waals surface area (Å²) in [6.07, 6.45) is 0. The van der Waals surface area contributed by atoms with Crippen LogP contribution in [0.4, 0.5) is 0 Å². The first-order valence-corrected chi connectivity index (χ1v) is 7.62. The van der Waals surface area contributed by atoms with Gasteiger partial charge in [-0.1, -0.05) is 0 Å². The van der Waals surface area contributed by atoms with Gasteiger partial charge in [0.2, 0.25) is 5.75 Å². The zero-order valence-electron chi connectivity index (χ0n) is 15.3. The Kier molecular flexibility index (Phi) is 5.75. The summed E-state index contributed by atoms with van der Waals surface area (Å²) in [4.78, 5) is 11.9. The molecule has 0 saturated heterocycles. The van der Waals surface area contributed by atoms with Gasteiger partial charge >= 0.3 is 5.97 Å². The molecule has 2 aromatic rings. The molecular weight excluding hydrogens is 324 g/mol. The number of benzene rings is 2. The Labute approximate surface area is 147 Å². The number of ether oxygens (including phenoxy) is 5. The predicted octanol–water partition coefficient (Wildman–Crippen LogP) is 3.91. The van der Waals surface area contributed by atoms with Crippen LogP contribution in [0.5, 0.6) is 28.7 Å². The summed E-state index contributed by atoms with van der Waals surface area (Å²) >= 11 is 0. The Morgan fingerprint density at radius 3 is 2.00 bits per heavy atom. The monoisotopic (exact) mass is 346 g/mol. The van der Waals surface area contributed by atoms with Crippen molar-refractivity contribution in [3.8, 4) is 28.7 Å². The summed E-state index contributed by atoms with van der Waals surface area (Å²) in [6.45, 7) is 3.72. The van der Waals surface area contributed by atoms with Gasteiger partial charge in [-0.25, -0.2) is 4.79 Å². The lowest BCUT2D eigenvalue weighted by molar-refractivity contribution is 0.0596. The van der Waals surface area contributed by atoms with E-state index < -0.39 is 5.97 Å². The SMILES string of the molecule is COC(=O)c1c(C)cc(Oc2cc(C)cc(OC)c2OC)cc1OC. The molecule has 0 amide bonds. The van der Waals surface area contributed by atoms with E-state index in [0.717, 1.165) is 5.56 Å². The third kappa shape index (κ3) is 3.79. The minimum Gasteiger partial charge on any atom is -0.496 e. The maximum absolute atomic E-state index is 11.9. The zero-order valence-corrected chi connectivity index (χ0v) is 15.3. The molecule has 6 heteroatoms. The highest BCUT2D eigenvalue weighted by molar-refractivity contribution is 5.94. The van der Waals surface area contributed by atoms with E-state index in [1.807, 2.05) is 19.1 Å². The van der Waals surface area contributed by atoms with Crippen LogP contribution in [0.3, 0.4) is 0 Å². The van der Waals surface area contributed by atoms with E-state index in [-0.39, 0.29) is 0 Å². The molecule has 0 saturated carbocycles. The second kappa shape index (κ2) is 7.79. The number of carbonyl (C=O) groups is 1. The summed E-state index contributed by atoms with van der Waals surface area (Å²) < 4.78 is 26.8. The lowest BCUT2D eigenvalue weighted by Crippen LogP contribution is -2.07. The lowest BCUT2D eigenvalue weighted by atomic mass is 10.1. The van der Waals surface area contributed by atoms with E-state index in [1.54, 1.807) is 33.3 Å². The van der Waals surface area contributed by atoms with Crippen molar-refractivity contribution in [2.75, 3.05) is 28.4 Å². The maximum Gasteiger partial charge on any atom is 0.341 e. The number of rotatable bonds is 6. The number of esters is 1. The highest BCUT2D eigenvalue weighted by Gasteiger charge is 2.19. The molecule has 2 aromatic carbocycles. The molecule has 0 atom stereocenters. The molecule has 0 aliphatic heterocycles. The smallest absolute Gasteiger partial charge is 0.341 e. The Hall–Kier alpha value is -2.89. The second-order valence-corrected chi connectivity index (χ2v) is 5.41. The van der Waals surface area contributed by atoms with Crippen molar-refractivity contribution in [3.63, 3.8) is 0 Å². The number of carbonyl (C=O) groups excluding carboxylic acids is 1.